The summed E-state index contributed by atoms with van der Waals surface area (Å²) in [5.41, 5.74) is 0.428. The molecule has 138 valence electrons. The van der Waals surface area contributed by atoms with Crippen LogP contribution in [0.5, 0.6) is 0 Å². The van der Waals surface area contributed by atoms with E-state index < -0.39 is 0 Å². The van der Waals surface area contributed by atoms with Crippen molar-refractivity contribution in [1.82, 2.24) is 0 Å². The highest BCUT2D eigenvalue weighted by atomic mass is 19.1. The number of anilines is 1. The van der Waals surface area contributed by atoms with Crippen LogP contribution in [0.1, 0.15) is 78.6 Å². The molecule has 0 heterocycles. The van der Waals surface area contributed by atoms with Crippen LogP contribution in [-0.4, -0.2) is 13.1 Å². The molecule has 1 nitrogen and oxygen atoms in total. The van der Waals surface area contributed by atoms with Crippen molar-refractivity contribution < 1.29 is 8.78 Å². The van der Waals surface area contributed by atoms with Crippen LogP contribution in [0.2, 0.25) is 0 Å². The maximum absolute atomic E-state index is 14.2. The molecule has 0 aliphatic carbocycles. The molecule has 1 aromatic carbocycles. The Morgan fingerprint density at radius 2 is 1.62 bits per heavy atom. The molecule has 0 saturated heterocycles. The van der Waals surface area contributed by atoms with E-state index in [0.717, 1.165) is 38.8 Å². The minimum absolute atomic E-state index is 0.312. The number of benzene rings is 1. The minimum Gasteiger partial charge on any atom is -0.369 e. The molecule has 24 heavy (non-hydrogen) atoms. The lowest BCUT2D eigenvalue weighted by Crippen LogP contribution is -2.28. The van der Waals surface area contributed by atoms with Crippen molar-refractivity contribution >= 4 is 5.69 Å². The summed E-state index contributed by atoms with van der Waals surface area (Å²) in [7, 11) is 0. The summed E-state index contributed by atoms with van der Waals surface area (Å²) in [5.74, 6) is 0.0104. The molecule has 0 fully saturated rings. The highest BCUT2D eigenvalue weighted by Crippen LogP contribution is 2.24. The molecule has 0 aliphatic heterocycles. The molecule has 0 radical (unpaired) electrons. The van der Waals surface area contributed by atoms with Gasteiger partial charge in [-0.25, -0.2) is 8.78 Å². The van der Waals surface area contributed by atoms with Crippen LogP contribution in [0, 0.1) is 17.6 Å². The van der Waals surface area contributed by atoms with E-state index in [2.05, 4.69) is 25.7 Å². The Balaban J connectivity index is 2.71. The average molecular weight is 340 g/mol. The Labute approximate surface area is 147 Å². The predicted molar refractivity (Wildman–Crippen MR) is 101 cm³/mol. The Bertz CT molecular complexity index is 447. The van der Waals surface area contributed by atoms with Gasteiger partial charge in [0.2, 0.25) is 0 Å². The summed E-state index contributed by atoms with van der Waals surface area (Å²) in [4.78, 5) is 2.06. The molecular weight excluding hydrogens is 304 g/mol. The molecule has 1 rings (SSSR count). The van der Waals surface area contributed by atoms with Gasteiger partial charge in [0.05, 0.1) is 5.69 Å². The number of rotatable bonds is 13. The molecule has 1 aromatic rings. The summed E-state index contributed by atoms with van der Waals surface area (Å²) < 4.78 is 27.8. The minimum atomic E-state index is -0.358. The first-order valence-corrected chi connectivity index (χ1v) is 9.82. The van der Waals surface area contributed by atoms with Gasteiger partial charge in [-0.05, 0) is 30.9 Å². The molecule has 0 spiro atoms. The molecule has 1 atom stereocenters. The zero-order chi connectivity index (χ0) is 17.8. The van der Waals surface area contributed by atoms with Crippen LogP contribution in [0.15, 0.2) is 18.2 Å². The summed E-state index contributed by atoms with van der Waals surface area (Å²) in [5, 5.41) is 0. The zero-order valence-corrected chi connectivity index (χ0v) is 15.8. The lowest BCUT2D eigenvalue weighted by Gasteiger charge is -2.27. The Kier molecular flexibility index (Phi) is 10.7. The van der Waals surface area contributed by atoms with Gasteiger partial charge in [-0.2, -0.15) is 0 Å². The Hall–Kier alpha value is -1.12. The van der Waals surface area contributed by atoms with Gasteiger partial charge in [-0.3, -0.25) is 0 Å². The third-order valence-corrected chi connectivity index (χ3v) is 4.88. The summed E-state index contributed by atoms with van der Waals surface area (Å²) >= 11 is 0. The van der Waals surface area contributed by atoms with Gasteiger partial charge >= 0.3 is 0 Å². The molecule has 0 saturated carbocycles. The van der Waals surface area contributed by atoms with Gasteiger partial charge < -0.3 is 4.90 Å². The fourth-order valence-corrected chi connectivity index (χ4v) is 3.19. The third kappa shape index (κ3) is 7.63. The number of hydrogen-bond acceptors (Lipinski definition) is 1. The molecule has 0 N–H and O–H groups in total. The smallest absolute Gasteiger partial charge is 0.146 e. The molecule has 0 bridgehead atoms. The second-order valence-corrected chi connectivity index (χ2v) is 6.85. The first-order valence-electron chi connectivity index (χ1n) is 9.82. The van der Waals surface area contributed by atoms with Crippen LogP contribution in [0.3, 0.4) is 0 Å². The molecular formula is C21H35F2N. The fourth-order valence-electron chi connectivity index (χ4n) is 3.19. The van der Waals surface area contributed by atoms with Gasteiger partial charge in [0.25, 0.3) is 0 Å². The second kappa shape index (κ2) is 12.3. The SMILES string of the molecule is CCCCCCN(CCC(CC)CCCC)c1cc(F)ccc1F. The van der Waals surface area contributed by atoms with Crippen molar-refractivity contribution in [1.29, 1.82) is 0 Å². The maximum atomic E-state index is 14.2. The van der Waals surface area contributed by atoms with E-state index in [9.17, 15) is 8.78 Å². The Morgan fingerprint density at radius 3 is 2.29 bits per heavy atom. The van der Waals surface area contributed by atoms with Crippen molar-refractivity contribution in [2.24, 2.45) is 5.92 Å². The molecule has 3 heteroatoms. The lowest BCUT2D eigenvalue weighted by molar-refractivity contribution is 0.419. The number of hydrogen-bond donors (Lipinski definition) is 0. The van der Waals surface area contributed by atoms with E-state index in [1.54, 1.807) is 0 Å². The largest absolute Gasteiger partial charge is 0.369 e. The quantitative estimate of drug-likeness (QED) is 0.351. The maximum Gasteiger partial charge on any atom is 0.146 e. The second-order valence-electron chi connectivity index (χ2n) is 6.85. The zero-order valence-electron chi connectivity index (χ0n) is 15.8. The van der Waals surface area contributed by atoms with E-state index in [4.69, 9.17) is 0 Å². The fraction of sp³-hybridized carbons (Fsp3) is 0.714. The molecule has 0 aromatic heterocycles. The standard InChI is InChI=1S/C21H35F2N/c1-4-7-9-10-15-24(16-14-18(6-3)11-8-5-2)21-17-19(22)12-13-20(21)23/h12-13,17-18H,4-11,14-16H2,1-3H3. The van der Waals surface area contributed by atoms with Crippen LogP contribution in [0.25, 0.3) is 0 Å². The van der Waals surface area contributed by atoms with E-state index in [0.29, 0.717) is 11.6 Å². The van der Waals surface area contributed by atoms with E-state index in [1.165, 1.54) is 50.3 Å². The average Bonchev–Trinajstić information content (AvgIpc) is 2.59. The van der Waals surface area contributed by atoms with E-state index >= 15 is 0 Å². The van der Waals surface area contributed by atoms with Gasteiger partial charge in [0, 0.05) is 19.2 Å². The normalized spacial score (nSPS) is 12.4. The highest BCUT2D eigenvalue weighted by molar-refractivity contribution is 5.48. The lowest BCUT2D eigenvalue weighted by atomic mass is 9.95. The first-order chi connectivity index (χ1) is 11.6. The Morgan fingerprint density at radius 1 is 0.875 bits per heavy atom. The summed E-state index contributed by atoms with van der Waals surface area (Å²) in [6.07, 6.45) is 10.5. The number of halogens is 2. The van der Waals surface area contributed by atoms with Crippen LogP contribution in [0.4, 0.5) is 14.5 Å². The topological polar surface area (TPSA) is 3.24 Å². The van der Waals surface area contributed by atoms with Crippen molar-refractivity contribution in [3.8, 4) is 0 Å². The van der Waals surface area contributed by atoms with Crippen molar-refractivity contribution in [2.45, 2.75) is 78.6 Å². The van der Waals surface area contributed by atoms with Gasteiger partial charge in [-0.15, -0.1) is 0 Å². The number of nitrogens with zero attached hydrogens (tertiary/aromatic N) is 1. The number of unbranched alkanes of at least 4 members (excludes halogenated alkanes) is 4. The van der Waals surface area contributed by atoms with Crippen molar-refractivity contribution in [2.75, 3.05) is 18.0 Å². The van der Waals surface area contributed by atoms with Crippen LogP contribution in [-0.2, 0) is 0 Å². The molecule has 1 unspecified atom stereocenters. The first kappa shape index (κ1) is 20.9. The third-order valence-electron chi connectivity index (χ3n) is 4.88. The summed E-state index contributed by atoms with van der Waals surface area (Å²) in [6.45, 7) is 8.26. The van der Waals surface area contributed by atoms with Gasteiger partial charge in [0.15, 0.2) is 0 Å². The van der Waals surface area contributed by atoms with Gasteiger partial charge in [-0.1, -0.05) is 65.7 Å². The van der Waals surface area contributed by atoms with Gasteiger partial charge in [0.1, 0.15) is 11.6 Å². The summed E-state index contributed by atoms with van der Waals surface area (Å²) in [6, 6.07) is 3.80. The van der Waals surface area contributed by atoms with E-state index in [-0.39, 0.29) is 11.6 Å². The monoisotopic (exact) mass is 339 g/mol. The van der Waals surface area contributed by atoms with Crippen molar-refractivity contribution in [3.05, 3.63) is 29.8 Å². The van der Waals surface area contributed by atoms with Crippen LogP contribution < -0.4 is 4.90 Å². The molecule has 0 aliphatic rings. The van der Waals surface area contributed by atoms with Crippen LogP contribution >= 0.6 is 0 Å². The van der Waals surface area contributed by atoms with E-state index in [1.807, 2.05) is 0 Å². The predicted octanol–water partition coefficient (Wildman–Crippen LogP) is 6.96. The molecule has 0 amide bonds. The highest BCUT2D eigenvalue weighted by Gasteiger charge is 2.15. The van der Waals surface area contributed by atoms with Crippen molar-refractivity contribution in [3.63, 3.8) is 0 Å².